The number of thiol groups is 1. The molecule has 1 aromatic heterocycles. The second kappa shape index (κ2) is 4.33. The van der Waals surface area contributed by atoms with Gasteiger partial charge in [0.15, 0.2) is 0 Å². The second-order valence-electron chi connectivity index (χ2n) is 3.40. The molecular formula is C9H16N2O2S. The van der Waals surface area contributed by atoms with Crippen molar-refractivity contribution in [2.75, 3.05) is 5.75 Å². The Bertz CT molecular complexity index is 325. The lowest BCUT2D eigenvalue weighted by molar-refractivity contribution is 0.0329. The van der Waals surface area contributed by atoms with Gasteiger partial charge in [-0.15, -0.1) is 0 Å². The topological polar surface area (TPSA) is 58.3 Å². The lowest BCUT2D eigenvalue weighted by atomic mass is 10.0. The summed E-state index contributed by atoms with van der Waals surface area (Å²) in [6.45, 7) is 3.68. The summed E-state index contributed by atoms with van der Waals surface area (Å²) in [5, 5.41) is 23.5. The first-order valence-corrected chi connectivity index (χ1v) is 5.09. The summed E-state index contributed by atoms with van der Waals surface area (Å²) in [6, 6.07) is 0. The zero-order valence-electron chi connectivity index (χ0n) is 8.60. The minimum Gasteiger partial charge on any atom is -0.389 e. The fourth-order valence-electron chi connectivity index (χ4n) is 1.51. The van der Waals surface area contributed by atoms with E-state index < -0.39 is 12.2 Å². The number of aryl methyl sites for hydroxylation is 2. The molecule has 2 N–H and O–H groups in total. The van der Waals surface area contributed by atoms with E-state index in [9.17, 15) is 10.2 Å². The van der Waals surface area contributed by atoms with Gasteiger partial charge in [0.05, 0.1) is 11.8 Å². The Kier molecular flexibility index (Phi) is 3.58. The molecule has 0 aromatic carbocycles. The fraction of sp³-hybridized carbons (Fsp3) is 0.667. The second-order valence-corrected chi connectivity index (χ2v) is 3.77. The van der Waals surface area contributed by atoms with Crippen LogP contribution >= 0.6 is 12.6 Å². The predicted octanol–water partition coefficient (Wildman–Crippen LogP) is 0.361. The molecule has 1 heterocycles. The SMILES string of the molecule is Cc1nn(C)c(C)c1C(O)C(O)CS. The summed E-state index contributed by atoms with van der Waals surface area (Å²) in [6.07, 6.45) is -1.75. The lowest BCUT2D eigenvalue weighted by Crippen LogP contribution is -2.20. The summed E-state index contributed by atoms with van der Waals surface area (Å²) in [7, 11) is 1.81. The van der Waals surface area contributed by atoms with E-state index in [2.05, 4.69) is 17.7 Å². The molecule has 0 saturated heterocycles. The number of aromatic nitrogens is 2. The van der Waals surface area contributed by atoms with Crippen LogP contribution in [0.3, 0.4) is 0 Å². The third kappa shape index (κ3) is 1.94. The van der Waals surface area contributed by atoms with Crippen LogP contribution in [-0.4, -0.2) is 31.9 Å². The van der Waals surface area contributed by atoms with E-state index in [1.54, 1.807) is 4.68 Å². The maximum Gasteiger partial charge on any atom is 0.109 e. The first-order valence-electron chi connectivity index (χ1n) is 4.46. The van der Waals surface area contributed by atoms with Crippen molar-refractivity contribution in [3.8, 4) is 0 Å². The smallest absolute Gasteiger partial charge is 0.109 e. The van der Waals surface area contributed by atoms with Crippen LogP contribution in [0.15, 0.2) is 0 Å². The number of hydrogen-bond donors (Lipinski definition) is 3. The van der Waals surface area contributed by atoms with Crippen molar-refractivity contribution < 1.29 is 10.2 Å². The standard InChI is InChI=1S/C9H16N2O2S/c1-5-8(6(2)11(3)10-5)9(13)7(12)4-14/h7,9,12-14H,4H2,1-3H3. The highest BCUT2D eigenvalue weighted by Crippen LogP contribution is 2.24. The molecule has 0 aliphatic heterocycles. The van der Waals surface area contributed by atoms with Crippen molar-refractivity contribution in [2.45, 2.75) is 26.1 Å². The highest BCUT2D eigenvalue weighted by Gasteiger charge is 2.23. The summed E-state index contributed by atoms with van der Waals surface area (Å²) >= 11 is 3.94. The van der Waals surface area contributed by atoms with E-state index in [0.717, 1.165) is 11.4 Å². The molecule has 0 amide bonds. The van der Waals surface area contributed by atoms with Gasteiger partial charge in [-0.05, 0) is 13.8 Å². The van der Waals surface area contributed by atoms with Gasteiger partial charge in [-0.3, -0.25) is 4.68 Å². The van der Waals surface area contributed by atoms with E-state index >= 15 is 0 Å². The van der Waals surface area contributed by atoms with E-state index in [0.29, 0.717) is 5.56 Å². The number of hydrogen-bond acceptors (Lipinski definition) is 4. The van der Waals surface area contributed by atoms with Gasteiger partial charge in [-0.2, -0.15) is 17.7 Å². The van der Waals surface area contributed by atoms with Crippen molar-refractivity contribution in [2.24, 2.45) is 7.05 Å². The normalized spacial score (nSPS) is 15.6. The average molecular weight is 216 g/mol. The quantitative estimate of drug-likeness (QED) is 0.639. The molecule has 80 valence electrons. The van der Waals surface area contributed by atoms with Crippen LogP contribution in [0.1, 0.15) is 23.1 Å². The van der Waals surface area contributed by atoms with Crippen LogP contribution in [0.4, 0.5) is 0 Å². The van der Waals surface area contributed by atoms with Gasteiger partial charge < -0.3 is 10.2 Å². The fourth-order valence-corrected chi connectivity index (χ4v) is 1.71. The first-order chi connectivity index (χ1) is 6.49. The maximum absolute atomic E-state index is 9.81. The Balaban J connectivity index is 3.05. The maximum atomic E-state index is 9.81. The summed E-state index contributed by atoms with van der Waals surface area (Å²) in [5.41, 5.74) is 2.32. The van der Waals surface area contributed by atoms with E-state index in [4.69, 9.17) is 0 Å². The van der Waals surface area contributed by atoms with E-state index in [1.165, 1.54) is 0 Å². The van der Waals surface area contributed by atoms with Crippen LogP contribution in [-0.2, 0) is 7.05 Å². The van der Waals surface area contributed by atoms with Crippen LogP contribution in [0.5, 0.6) is 0 Å². The van der Waals surface area contributed by atoms with E-state index in [1.807, 2.05) is 20.9 Å². The van der Waals surface area contributed by atoms with Crippen LogP contribution < -0.4 is 0 Å². The monoisotopic (exact) mass is 216 g/mol. The van der Waals surface area contributed by atoms with Crippen LogP contribution in [0, 0.1) is 13.8 Å². The minimum atomic E-state index is -0.902. The molecule has 1 rings (SSSR count). The lowest BCUT2D eigenvalue weighted by Gasteiger charge is -2.16. The molecule has 5 heteroatoms. The van der Waals surface area contributed by atoms with Crippen LogP contribution in [0.2, 0.25) is 0 Å². The molecule has 0 saturated carbocycles. The number of aliphatic hydroxyl groups is 2. The molecule has 0 fully saturated rings. The van der Waals surface area contributed by atoms with Gasteiger partial charge in [0, 0.05) is 24.1 Å². The Labute approximate surface area is 89.0 Å². The molecule has 4 nitrogen and oxygen atoms in total. The molecule has 14 heavy (non-hydrogen) atoms. The van der Waals surface area contributed by atoms with Crippen molar-refractivity contribution >= 4 is 12.6 Å². The Morgan fingerprint density at radius 3 is 2.36 bits per heavy atom. The molecule has 0 bridgehead atoms. The van der Waals surface area contributed by atoms with Crippen molar-refractivity contribution in [3.63, 3.8) is 0 Å². The summed E-state index contributed by atoms with van der Waals surface area (Å²) < 4.78 is 1.69. The molecule has 0 radical (unpaired) electrons. The third-order valence-corrected chi connectivity index (χ3v) is 2.79. The van der Waals surface area contributed by atoms with Gasteiger partial charge >= 0.3 is 0 Å². The number of nitrogens with zero attached hydrogens (tertiary/aromatic N) is 2. The number of aliphatic hydroxyl groups excluding tert-OH is 2. The molecule has 0 aliphatic carbocycles. The molecule has 0 spiro atoms. The van der Waals surface area contributed by atoms with Gasteiger partial charge in [-0.1, -0.05) is 0 Å². The number of rotatable bonds is 3. The Morgan fingerprint density at radius 1 is 1.43 bits per heavy atom. The molecular weight excluding hydrogens is 200 g/mol. The molecule has 2 unspecified atom stereocenters. The van der Waals surface area contributed by atoms with Crippen molar-refractivity contribution in [1.82, 2.24) is 9.78 Å². The van der Waals surface area contributed by atoms with Gasteiger partial charge in [0.2, 0.25) is 0 Å². The predicted molar refractivity (Wildman–Crippen MR) is 57.5 cm³/mol. The third-order valence-electron chi connectivity index (χ3n) is 2.41. The summed E-state index contributed by atoms with van der Waals surface area (Å²) in [5.74, 6) is 0.231. The van der Waals surface area contributed by atoms with Crippen molar-refractivity contribution in [1.29, 1.82) is 0 Å². The zero-order valence-corrected chi connectivity index (χ0v) is 9.49. The van der Waals surface area contributed by atoms with Crippen LogP contribution in [0.25, 0.3) is 0 Å². The largest absolute Gasteiger partial charge is 0.389 e. The van der Waals surface area contributed by atoms with Crippen molar-refractivity contribution in [3.05, 3.63) is 17.0 Å². The Morgan fingerprint density at radius 2 is 2.00 bits per heavy atom. The van der Waals surface area contributed by atoms with Gasteiger partial charge in [0.1, 0.15) is 6.10 Å². The molecule has 2 atom stereocenters. The summed E-state index contributed by atoms with van der Waals surface area (Å²) in [4.78, 5) is 0. The highest BCUT2D eigenvalue weighted by molar-refractivity contribution is 7.80. The highest BCUT2D eigenvalue weighted by atomic mass is 32.1. The van der Waals surface area contributed by atoms with Gasteiger partial charge in [0.25, 0.3) is 0 Å². The van der Waals surface area contributed by atoms with Gasteiger partial charge in [-0.25, -0.2) is 0 Å². The molecule has 0 aliphatic rings. The van der Waals surface area contributed by atoms with E-state index in [-0.39, 0.29) is 5.75 Å². The zero-order chi connectivity index (χ0) is 10.9. The molecule has 1 aromatic rings. The first kappa shape index (κ1) is 11.6. The average Bonchev–Trinajstić information content (AvgIpc) is 2.39. The Hall–Kier alpha value is -0.520. The minimum absolute atomic E-state index is 0.231.